The summed E-state index contributed by atoms with van der Waals surface area (Å²) < 4.78 is 0. The second-order valence-corrected chi connectivity index (χ2v) is 13.9. The van der Waals surface area contributed by atoms with E-state index in [9.17, 15) is 10.2 Å². The van der Waals surface area contributed by atoms with E-state index in [1.807, 2.05) is 19.2 Å². The molecule has 0 unspecified atom stereocenters. The molecule has 3 aromatic carbocycles. The van der Waals surface area contributed by atoms with Gasteiger partial charge in [-0.1, -0.05) is 54.6 Å². The summed E-state index contributed by atoms with van der Waals surface area (Å²) in [7, 11) is 6.12. The van der Waals surface area contributed by atoms with Gasteiger partial charge in [-0.15, -0.1) is 22.7 Å². The van der Waals surface area contributed by atoms with Crippen LogP contribution < -0.4 is 9.80 Å². The summed E-state index contributed by atoms with van der Waals surface area (Å²) in [5, 5.41) is 24.6. The van der Waals surface area contributed by atoms with Crippen molar-refractivity contribution in [1.82, 2.24) is 0 Å². The highest BCUT2D eigenvalue weighted by molar-refractivity contribution is 7.25. The quantitative estimate of drug-likeness (QED) is 0.203. The molecule has 0 bridgehead atoms. The molecule has 7 heteroatoms. The van der Waals surface area contributed by atoms with E-state index in [4.69, 9.17) is 4.99 Å². The van der Waals surface area contributed by atoms with Gasteiger partial charge in [0.15, 0.2) is 0 Å². The van der Waals surface area contributed by atoms with Crippen molar-refractivity contribution in [3.05, 3.63) is 112 Å². The second-order valence-electron chi connectivity index (χ2n) is 11.8. The summed E-state index contributed by atoms with van der Waals surface area (Å²) in [5.41, 5.74) is 5.47. The maximum Gasteiger partial charge on any atom is 0.136 e. The number of para-hydroxylation sites is 1. The van der Waals surface area contributed by atoms with Gasteiger partial charge in [0.1, 0.15) is 17.4 Å². The molecule has 0 spiro atoms. The lowest BCUT2D eigenvalue weighted by atomic mass is 9.85. The van der Waals surface area contributed by atoms with Crippen molar-refractivity contribution in [2.45, 2.75) is 19.3 Å². The van der Waals surface area contributed by atoms with Gasteiger partial charge in [0.2, 0.25) is 0 Å². The third-order valence-corrected chi connectivity index (χ3v) is 11.1. The van der Waals surface area contributed by atoms with Crippen LogP contribution in [-0.2, 0) is 5.41 Å². The van der Waals surface area contributed by atoms with Crippen molar-refractivity contribution in [3.8, 4) is 20.2 Å². The van der Waals surface area contributed by atoms with Gasteiger partial charge in [-0.2, -0.15) is 0 Å². The third kappa shape index (κ3) is 4.29. The molecule has 1 aliphatic heterocycles. The Kier molecular flexibility index (Phi) is 6.49. The minimum Gasteiger partial charge on any atom is -0.507 e. The van der Waals surface area contributed by atoms with Crippen LogP contribution in [0, 0.1) is 0 Å². The number of hydrogen-bond acceptors (Lipinski definition) is 6. The average molecular weight is 604 g/mol. The number of allylic oxidation sites excluding steroid dienone is 1. The monoisotopic (exact) mass is 603 g/mol. The number of hydrogen-bond donors (Lipinski definition) is 2. The van der Waals surface area contributed by atoms with Gasteiger partial charge in [0.25, 0.3) is 0 Å². The van der Waals surface area contributed by atoms with E-state index in [0.717, 1.165) is 21.3 Å². The van der Waals surface area contributed by atoms with Crippen LogP contribution in [0.3, 0.4) is 0 Å². The number of rotatable bonds is 6. The zero-order chi connectivity index (χ0) is 30.0. The van der Waals surface area contributed by atoms with Crippen LogP contribution in [0.15, 0.2) is 107 Å². The molecule has 7 rings (SSSR count). The number of anilines is 2. The summed E-state index contributed by atoms with van der Waals surface area (Å²) in [6, 6.07) is 29.6. The van der Waals surface area contributed by atoms with Gasteiger partial charge < -0.3 is 20.0 Å². The zero-order valence-electron chi connectivity index (χ0n) is 24.8. The highest BCUT2D eigenvalue weighted by Gasteiger charge is 2.40. The average Bonchev–Trinajstić information content (AvgIpc) is 3.68. The Hall–Kier alpha value is -4.33. The lowest BCUT2D eigenvalue weighted by molar-refractivity contribution is 0.366. The Labute approximate surface area is 260 Å². The van der Waals surface area contributed by atoms with Crippen LogP contribution in [0.5, 0.6) is 0 Å². The molecule has 2 N–H and O–H groups in total. The number of aliphatic hydroxyl groups is 2. The van der Waals surface area contributed by atoms with E-state index in [0.29, 0.717) is 11.1 Å². The fourth-order valence-corrected chi connectivity index (χ4v) is 8.71. The fourth-order valence-electron chi connectivity index (χ4n) is 6.25. The van der Waals surface area contributed by atoms with Crippen LogP contribution in [0.4, 0.5) is 11.4 Å². The van der Waals surface area contributed by atoms with Gasteiger partial charge in [-0.25, -0.2) is 0 Å². The highest BCUT2D eigenvalue weighted by Crippen LogP contribution is 2.49. The molecule has 3 heterocycles. The van der Waals surface area contributed by atoms with Crippen molar-refractivity contribution in [3.63, 3.8) is 0 Å². The number of likely N-dealkylation sites (N-methyl/N-ethyl adjacent to an activating group) is 1. The minimum absolute atomic E-state index is 0.129. The molecule has 5 aromatic rings. The molecule has 216 valence electrons. The third-order valence-electron chi connectivity index (χ3n) is 8.59. The number of amidine groups is 1. The molecular weight excluding hydrogens is 571 g/mol. The standard InChI is InChI=1S/C36H33N3O2S2/c1-36(2)26-12-8-9-13-27(26)39(5)35(36)37-20-25-31(40)30(32(25)41)28-18-19-29(42-28)34-24-11-7-6-10-23(24)33(43-34)21-14-16-22(17-15-21)38(3)4/h6-19,40-41H,20H2,1-5H3. The van der Waals surface area contributed by atoms with Gasteiger partial charge >= 0.3 is 0 Å². The molecule has 2 aliphatic rings. The van der Waals surface area contributed by atoms with Gasteiger partial charge in [0.05, 0.1) is 22.6 Å². The molecule has 1 aliphatic carbocycles. The molecule has 0 amide bonds. The predicted octanol–water partition coefficient (Wildman–Crippen LogP) is 9.28. The summed E-state index contributed by atoms with van der Waals surface area (Å²) >= 11 is 3.38. The number of aliphatic imine (C=N–C) groups is 1. The van der Waals surface area contributed by atoms with Crippen molar-refractivity contribution in [2.24, 2.45) is 4.99 Å². The Bertz CT molecular complexity index is 1990. The zero-order valence-corrected chi connectivity index (χ0v) is 26.5. The van der Waals surface area contributed by atoms with Crippen LogP contribution in [0.2, 0.25) is 0 Å². The maximum atomic E-state index is 11.1. The van der Waals surface area contributed by atoms with Gasteiger partial charge in [-0.3, -0.25) is 4.99 Å². The molecule has 5 nitrogen and oxygen atoms in total. The van der Waals surface area contributed by atoms with Gasteiger partial charge in [-0.05, 0) is 55.3 Å². The van der Waals surface area contributed by atoms with Crippen LogP contribution >= 0.6 is 22.7 Å². The predicted molar refractivity (Wildman–Crippen MR) is 184 cm³/mol. The number of aliphatic hydroxyl groups excluding tert-OH is 2. The van der Waals surface area contributed by atoms with E-state index in [1.165, 1.54) is 37.3 Å². The van der Waals surface area contributed by atoms with Crippen molar-refractivity contribution < 1.29 is 10.2 Å². The summed E-state index contributed by atoms with van der Waals surface area (Å²) in [6.07, 6.45) is 0. The van der Waals surface area contributed by atoms with E-state index in [-0.39, 0.29) is 23.5 Å². The largest absolute Gasteiger partial charge is 0.507 e. The number of fused-ring (bicyclic) bond motifs is 2. The van der Waals surface area contributed by atoms with Crippen molar-refractivity contribution >= 4 is 56.2 Å². The molecular formula is C36H33N3O2S2. The SMILES string of the molecule is CN(C)c1ccc(-c2sc(-c3ccc(C4=C(O)C(CN=C5N(C)c6ccccc6C5(C)C)=C4O)s3)c3ccccc23)cc1. The highest BCUT2D eigenvalue weighted by atomic mass is 32.1. The molecule has 0 saturated carbocycles. The molecule has 43 heavy (non-hydrogen) atoms. The summed E-state index contributed by atoms with van der Waals surface area (Å²) in [4.78, 5) is 13.5. The van der Waals surface area contributed by atoms with E-state index < -0.39 is 0 Å². The lowest BCUT2D eigenvalue weighted by Gasteiger charge is -2.25. The fraction of sp³-hybridized carbons (Fsp3) is 0.194. The smallest absolute Gasteiger partial charge is 0.136 e. The van der Waals surface area contributed by atoms with E-state index in [1.54, 1.807) is 22.7 Å². The van der Waals surface area contributed by atoms with E-state index >= 15 is 0 Å². The number of benzene rings is 3. The molecule has 2 aromatic heterocycles. The number of nitrogens with zero attached hydrogens (tertiary/aromatic N) is 3. The maximum absolute atomic E-state index is 11.1. The number of thiophene rings is 2. The molecule has 0 saturated heterocycles. The van der Waals surface area contributed by atoms with E-state index in [2.05, 4.69) is 111 Å². The Morgan fingerprint density at radius 2 is 1.42 bits per heavy atom. The summed E-state index contributed by atoms with van der Waals surface area (Å²) in [5.74, 6) is 1.18. The van der Waals surface area contributed by atoms with Crippen LogP contribution in [-0.4, -0.2) is 43.7 Å². The first-order valence-corrected chi connectivity index (χ1v) is 15.9. The normalized spacial score (nSPS) is 16.8. The van der Waals surface area contributed by atoms with Crippen molar-refractivity contribution in [2.75, 3.05) is 37.5 Å². The topological polar surface area (TPSA) is 59.3 Å². The first kappa shape index (κ1) is 27.5. The van der Waals surface area contributed by atoms with Crippen LogP contribution in [0.1, 0.15) is 24.3 Å². The summed E-state index contributed by atoms with van der Waals surface area (Å²) in [6.45, 7) is 4.55. The van der Waals surface area contributed by atoms with Crippen molar-refractivity contribution in [1.29, 1.82) is 0 Å². The lowest BCUT2D eigenvalue weighted by Crippen LogP contribution is -2.34. The Balaban J connectivity index is 1.17. The molecule has 0 radical (unpaired) electrons. The Morgan fingerprint density at radius 1 is 0.767 bits per heavy atom. The van der Waals surface area contributed by atoms with Gasteiger partial charge in [0, 0.05) is 63.3 Å². The Morgan fingerprint density at radius 3 is 2.09 bits per heavy atom. The minimum atomic E-state index is -0.257. The molecule has 0 fully saturated rings. The second kappa shape index (κ2) is 10.1. The first-order valence-electron chi connectivity index (χ1n) is 14.3. The first-order chi connectivity index (χ1) is 20.7. The van der Waals surface area contributed by atoms with Crippen LogP contribution in [0.25, 0.3) is 36.5 Å². The molecule has 0 atom stereocenters.